The molecular formula is C25H29BrClN3O5. The van der Waals surface area contributed by atoms with Gasteiger partial charge in [-0.3, -0.25) is 14.4 Å². The number of anilines is 2. The molecule has 3 rings (SSSR count). The summed E-state index contributed by atoms with van der Waals surface area (Å²) in [5.41, 5.74) is 7.82. The monoisotopic (exact) mass is 565 g/mol. The highest BCUT2D eigenvalue weighted by Crippen LogP contribution is 2.33. The molecule has 1 aliphatic rings. The van der Waals surface area contributed by atoms with Crippen LogP contribution in [0.15, 0.2) is 34.8 Å². The van der Waals surface area contributed by atoms with Crippen LogP contribution in [0.3, 0.4) is 0 Å². The van der Waals surface area contributed by atoms with E-state index < -0.39 is 0 Å². The van der Waals surface area contributed by atoms with Crippen molar-refractivity contribution in [1.29, 1.82) is 0 Å². The lowest BCUT2D eigenvalue weighted by molar-refractivity contribution is -0.150. The van der Waals surface area contributed by atoms with Crippen LogP contribution < -0.4 is 21.1 Å². The van der Waals surface area contributed by atoms with E-state index in [0.29, 0.717) is 58.9 Å². The second-order valence-electron chi connectivity index (χ2n) is 8.36. The Bertz CT molecular complexity index is 1100. The first-order chi connectivity index (χ1) is 16.7. The second-order valence-corrected chi connectivity index (χ2v) is 9.62. The average Bonchev–Trinajstić information content (AvgIpc) is 2.85. The van der Waals surface area contributed by atoms with Gasteiger partial charge in [-0.05, 0) is 78.4 Å². The maximum absolute atomic E-state index is 13.0. The molecule has 0 bridgehead atoms. The maximum atomic E-state index is 13.0. The van der Waals surface area contributed by atoms with Crippen molar-refractivity contribution < 1.29 is 23.9 Å². The topological polar surface area (TPSA) is 120 Å². The summed E-state index contributed by atoms with van der Waals surface area (Å²) >= 11 is 9.52. The SMILES string of the molecule is CCOC(=O)[C@H]1CC[C@H](C(=O)Nc2cc(N)c(Br)cc2C(=O)NCc2ccc(OC)c(Cl)c2)CC1. The third-order valence-electron chi connectivity index (χ3n) is 6.03. The smallest absolute Gasteiger partial charge is 0.308 e. The predicted molar refractivity (Wildman–Crippen MR) is 138 cm³/mol. The zero-order valence-corrected chi connectivity index (χ0v) is 22.0. The van der Waals surface area contributed by atoms with Gasteiger partial charge in [-0.1, -0.05) is 17.7 Å². The number of rotatable bonds is 8. The molecule has 35 heavy (non-hydrogen) atoms. The van der Waals surface area contributed by atoms with E-state index in [1.807, 2.05) is 0 Å². The highest BCUT2D eigenvalue weighted by molar-refractivity contribution is 9.10. The zero-order valence-electron chi connectivity index (χ0n) is 19.7. The van der Waals surface area contributed by atoms with Crippen LogP contribution in [0.4, 0.5) is 11.4 Å². The van der Waals surface area contributed by atoms with Crippen LogP contribution in [0, 0.1) is 11.8 Å². The predicted octanol–water partition coefficient (Wildman–Crippen LogP) is 4.93. The molecule has 188 valence electrons. The van der Waals surface area contributed by atoms with Gasteiger partial charge in [-0.15, -0.1) is 0 Å². The standard InChI is InChI=1S/C25H29BrClN3O5/c1-3-35-25(33)16-7-5-15(6-8-16)23(31)30-21-12-20(28)18(26)11-17(21)24(32)29-13-14-4-9-22(34-2)19(27)10-14/h4,9-12,15-16H,3,5-8,13,28H2,1-2H3,(H,29,32)(H,30,31)/t15-,16-. The van der Waals surface area contributed by atoms with Gasteiger partial charge in [0.25, 0.3) is 5.91 Å². The number of nitrogens with one attached hydrogen (secondary N) is 2. The molecule has 0 unspecified atom stereocenters. The largest absolute Gasteiger partial charge is 0.495 e. The summed E-state index contributed by atoms with van der Waals surface area (Å²) in [4.78, 5) is 38.0. The normalized spacial score (nSPS) is 17.4. The summed E-state index contributed by atoms with van der Waals surface area (Å²) in [6.07, 6.45) is 2.33. The van der Waals surface area contributed by atoms with Crippen molar-refractivity contribution in [3.05, 3.63) is 51.0 Å². The van der Waals surface area contributed by atoms with E-state index in [9.17, 15) is 14.4 Å². The molecule has 0 radical (unpaired) electrons. The molecule has 0 atom stereocenters. The van der Waals surface area contributed by atoms with Gasteiger partial charge in [-0.25, -0.2) is 0 Å². The minimum absolute atomic E-state index is 0.171. The van der Waals surface area contributed by atoms with Crippen LogP contribution in [0.25, 0.3) is 0 Å². The fraction of sp³-hybridized carbons (Fsp3) is 0.400. The minimum Gasteiger partial charge on any atom is -0.495 e. The van der Waals surface area contributed by atoms with Gasteiger partial charge < -0.3 is 25.8 Å². The van der Waals surface area contributed by atoms with E-state index >= 15 is 0 Å². The van der Waals surface area contributed by atoms with Crippen molar-refractivity contribution in [2.75, 3.05) is 24.8 Å². The quantitative estimate of drug-likeness (QED) is 0.308. The van der Waals surface area contributed by atoms with Gasteiger partial charge in [0.05, 0.1) is 35.9 Å². The van der Waals surface area contributed by atoms with Crippen LogP contribution in [-0.2, 0) is 20.9 Å². The maximum Gasteiger partial charge on any atom is 0.308 e. The van der Waals surface area contributed by atoms with Crippen molar-refractivity contribution in [3.63, 3.8) is 0 Å². The van der Waals surface area contributed by atoms with Gasteiger partial charge >= 0.3 is 5.97 Å². The molecule has 2 amide bonds. The Labute approximate surface area is 218 Å². The summed E-state index contributed by atoms with van der Waals surface area (Å²) in [5, 5.41) is 6.16. The van der Waals surface area contributed by atoms with Crippen LogP contribution in [-0.4, -0.2) is 31.5 Å². The molecule has 0 heterocycles. The molecule has 4 N–H and O–H groups in total. The van der Waals surface area contributed by atoms with Gasteiger partial charge in [0, 0.05) is 22.6 Å². The number of carbonyl (C=O) groups excluding carboxylic acids is 3. The van der Waals surface area contributed by atoms with Gasteiger partial charge in [-0.2, -0.15) is 0 Å². The molecular weight excluding hydrogens is 538 g/mol. The molecule has 0 aliphatic heterocycles. The van der Waals surface area contributed by atoms with E-state index in [2.05, 4.69) is 26.6 Å². The first-order valence-electron chi connectivity index (χ1n) is 11.4. The van der Waals surface area contributed by atoms with Gasteiger partial charge in [0.1, 0.15) is 5.75 Å². The molecule has 2 aromatic rings. The number of carbonyl (C=O) groups is 3. The Balaban J connectivity index is 1.67. The van der Waals surface area contributed by atoms with Gasteiger partial charge in [0.2, 0.25) is 5.91 Å². The Morgan fingerprint density at radius 2 is 1.80 bits per heavy atom. The van der Waals surface area contributed by atoms with Gasteiger partial charge in [0.15, 0.2) is 0 Å². The Morgan fingerprint density at radius 3 is 2.43 bits per heavy atom. The molecule has 10 heteroatoms. The molecule has 1 aliphatic carbocycles. The summed E-state index contributed by atoms with van der Waals surface area (Å²) < 4.78 is 10.8. The van der Waals surface area contributed by atoms with E-state index in [1.54, 1.807) is 37.3 Å². The first kappa shape index (κ1) is 26.8. The fourth-order valence-electron chi connectivity index (χ4n) is 4.06. The molecule has 1 fully saturated rings. The lowest BCUT2D eigenvalue weighted by Crippen LogP contribution is -2.31. The van der Waals surface area contributed by atoms with E-state index in [1.165, 1.54) is 7.11 Å². The number of hydrogen-bond donors (Lipinski definition) is 3. The molecule has 2 aromatic carbocycles. The molecule has 0 spiro atoms. The van der Waals surface area contributed by atoms with E-state index in [4.69, 9.17) is 26.8 Å². The van der Waals surface area contributed by atoms with E-state index in [-0.39, 0.29) is 41.7 Å². The number of hydrogen-bond acceptors (Lipinski definition) is 6. The number of nitrogen functional groups attached to an aromatic ring is 1. The molecule has 1 saturated carbocycles. The summed E-state index contributed by atoms with van der Waals surface area (Å²) in [6.45, 7) is 2.36. The van der Waals surface area contributed by atoms with Crippen LogP contribution in [0.2, 0.25) is 5.02 Å². The van der Waals surface area contributed by atoms with Crippen molar-refractivity contribution in [3.8, 4) is 5.75 Å². The highest BCUT2D eigenvalue weighted by atomic mass is 79.9. The van der Waals surface area contributed by atoms with Crippen molar-refractivity contribution in [2.45, 2.75) is 39.2 Å². The average molecular weight is 567 g/mol. The van der Waals surface area contributed by atoms with Crippen molar-refractivity contribution in [1.82, 2.24) is 5.32 Å². The number of nitrogens with two attached hydrogens (primary N) is 1. The second kappa shape index (κ2) is 12.3. The first-order valence-corrected chi connectivity index (χ1v) is 12.6. The van der Waals surface area contributed by atoms with Crippen molar-refractivity contribution in [2.24, 2.45) is 11.8 Å². The fourth-order valence-corrected chi connectivity index (χ4v) is 4.69. The third kappa shape index (κ3) is 6.89. The minimum atomic E-state index is -0.376. The summed E-state index contributed by atoms with van der Waals surface area (Å²) in [6, 6.07) is 8.39. The lowest BCUT2D eigenvalue weighted by atomic mass is 9.81. The lowest BCUT2D eigenvalue weighted by Gasteiger charge is -2.26. The number of benzene rings is 2. The van der Waals surface area contributed by atoms with Crippen molar-refractivity contribution >= 4 is 56.7 Å². The number of amides is 2. The zero-order chi connectivity index (χ0) is 25.5. The molecule has 0 saturated heterocycles. The van der Waals surface area contributed by atoms with Crippen LogP contribution in [0.1, 0.15) is 48.5 Å². The van der Waals surface area contributed by atoms with Crippen LogP contribution in [0.5, 0.6) is 5.75 Å². The summed E-state index contributed by atoms with van der Waals surface area (Å²) in [7, 11) is 1.53. The Hall–Kier alpha value is -2.78. The number of halogens is 2. The highest BCUT2D eigenvalue weighted by Gasteiger charge is 2.31. The molecule has 8 nitrogen and oxygen atoms in total. The Kier molecular flexibility index (Phi) is 9.40. The molecule has 0 aromatic heterocycles. The van der Waals surface area contributed by atoms with Crippen LogP contribution >= 0.6 is 27.5 Å². The summed E-state index contributed by atoms with van der Waals surface area (Å²) in [5.74, 6) is -0.670. The third-order valence-corrected chi connectivity index (χ3v) is 7.01. The number of methoxy groups -OCH3 is 1. The Morgan fingerprint density at radius 1 is 1.11 bits per heavy atom. The van der Waals surface area contributed by atoms with E-state index in [0.717, 1.165) is 5.56 Å². The number of esters is 1. The number of ether oxygens (including phenoxy) is 2.